The Kier molecular flexibility index (Phi) is 3.91. The van der Waals surface area contributed by atoms with Gasteiger partial charge in [0.1, 0.15) is 5.60 Å². The van der Waals surface area contributed by atoms with E-state index in [1.165, 1.54) is 11.8 Å². The van der Waals surface area contributed by atoms with Crippen LogP contribution in [0.3, 0.4) is 0 Å². The van der Waals surface area contributed by atoms with E-state index in [2.05, 4.69) is 0 Å². The molecule has 1 amide bonds. The Bertz CT molecular complexity index is 209. The fourth-order valence-electron chi connectivity index (χ4n) is 0.947. The summed E-state index contributed by atoms with van der Waals surface area (Å²) in [5.41, 5.74) is -0.715. The SMILES string of the molecule is CC(=O)OC(C)(C)CC(=O)N(C)C. The lowest BCUT2D eigenvalue weighted by Gasteiger charge is -2.25. The Balaban J connectivity index is 4.16. The van der Waals surface area contributed by atoms with E-state index in [0.717, 1.165) is 0 Å². The molecule has 0 rings (SSSR count). The first-order chi connectivity index (χ1) is 5.74. The van der Waals surface area contributed by atoms with Crippen LogP contribution < -0.4 is 0 Å². The molecule has 0 heterocycles. The van der Waals surface area contributed by atoms with E-state index in [-0.39, 0.29) is 18.3 Å². The predicted molar refractivity (Wildman–Crippen MR) is 49.2 cm³/mol. The second kappa shape index (κ2) is 4.25. The maximum absolute atomic E-state index is 11.3. The van der Waals surface area contributed by atoms with Crippen LogP contribution in [0, 0.1) is 0 Å². The van der Waals surface area contributed by atoms with E-state index in [1.807, 2.05) is 0 Å². The summed E-state index contributed by atoms with van der Waals surface area (Å²) in [7, 11) is 3.35. The Hall–Kier alpha value is -1.06. The first-order valence-electron chi connectivity index (χ1n) is 4.14. The summed E-state index contributed by atoms with van der Waals surface area (Å²) < 4.78 is 4.97. The van der Waals surface area contributed by atoms with Gasteiger partial charge < -0.3 is 9.64 Å². The van der Waals surface area contributed by atoms with E-state index in [0.29, 0.717) is 0 Å². The molecule has 0 aliphatic carbocycles. The molecule has 0 unspecified atom stereocenters. The van der Waals surface area contributed by atoms with Crippen LogP contribution in [-0.4, -0.2) is 36.5 Å². The van der Waals surface area contributed by atoms with E-state index in [9.17, 15) is 9.59 Å². The minimum Gasteiger partial charge on any atom is -0.459 e. The minimum atomic E-state index is -0.715. The number of hydrogen-bond donors (Lipinski definition) is 0. The van der Waals surface area contributed by atoms with Crippen LogP contribution in [0.25, 0.3) is 0 Å². The molecule has 0 atom stereocenters. The largest absolute Gasteiger partial charge is 0.459 e. The third-order valence-corrected chi connectivity index (χ3v) is 1.50. The summed E-state index contributed by atoms with van der Waals surface area (Å²) in [6.07, 6.45) is 0.208. The normalized spacial score (nSPS) is 10.8. The van der Waals surface area contributed by atoms with Gasteiger partial charge in [-0.25, -0.2) is 0 Å². The lowest BCUT2D eigenvalue weighted by atomic mass is 10.0. The molecule has 0 saturated carbocycles. The second-order valence-electron chi connectivity index (χ2n) is 3.82. The molecule has 0 aromatic heterocycles. The lowest BCUT2D eigenvalue weighted by molar-refractivity contribution is -0.156. The van der Waals surface area contributed by atoms with Gasteiger partial charge in [-0.3, -0.25) is 9.59 Å². The molecule has 4 heteroatoms. The number of nitrogens with zero attached hydrogens (tertiary/aromatic N) is 1. The van der Waals surface area contributed by atoms with Crippen LogP contribution >= 0.6 is 0 Å². The Morgan fingerprint density at radius 2 is 1.77 bits per heavy atom. The monoisotopic (exact) mass is 187 g/mol. The number of carbonyl (C=O) groups is 2. The standard InChI is InChI=1S/C9H17NO3/c1-7(11)13-9(2,3)6-8(12)10(4)5/h6H2,1-5H3. The van der Waals surface area contributed by atoms with Gasteiger partial charge in [0.2, 0.25) is 5.91 Å². The smallest absolute Gasteiger partial charge is 0.303 e. The van der Waals surface area contributed by atoms with Gasteiger partial charge in [-0.05, 0) is 13.8 Å². The van der Waals surface area contributed by atoms with Crippen molar-refractivity contribution in [1.82, 2.24) is 4.90 Å². The topological polar surface area (TPSA) is 46.6 Å². The van der Waals surface area contributed by atoms with Crippen LogP contribution in [0.2, 0.25) is 0 Å². The van der Waals surface area contributed by atoms with Crippen LogP contribution in [0.1, 0.15) is 27.2 Å². The van der Waals surface area contributed by atoms with Crippen molar-refractivity contribution in [3.63, 3.8) is 0 Å². The van der Waals surface area contributed by atoms with Crippen molar-refractivity contribution in [3.8, 4) is 0 Å². The molecule has 0 aliphatic heterocycles. The quantitative estimate of drug-likeness (QED) is 0.614. The summed E-state index contributed by atoms with van der Waals surface area (Å²) in [6.45, 7) is 4.77. The van der Waals surface area contributed by atoms with Crippen LogP contribution in [0.4, 0.5) is 0 Å². The zero-order valence-electron chi connectivity index (χ0n) is 8.88. The number of hydrogen-bond acceptors (Lipinski definition) is 3. The van der Waals surface area contributed by atoms with E-state index >= 15 is 0 Å². The Labute approximate surface area is 78.9 Å². The molecule has 0 fully saturated rings. The molecule has 0 aromatic carbocycles. The Morgan fingerprint density at radius 3 is 2.08 bits per heavy atom. The van der Waals surface area contributed by atoms with Crippen molar-refractivity contribution < 1.29 is 14.3 Å². The zero-order valence-corrected chi connectivity index (χ0v) is 8.88. The maximum Gasteiger partial charge on any atom is 0.303 e. The highest BCUT2D eigenvalue weighted by Crippen LogP contribution is 2.15. The first kappa shape index (κ1) is 11.9. The second-order valence-corrected chi connectivity index (χ2v) is 3.82. The molecule has 76 valence electrons. The van der Waals surface area contributed by atoms with Crippen LogP contribution in [0.15, 0.2) is 0 Å². The van der Waals surface area contributed by atoms with Crippen molar-refractivity contribution in [1.29, 1.82) is 0 Å². The minimum absolute atomic E-state index is 0.0498. The molecular weight excluding hydrogens is 170 g/mol. The third kappa shape index (κ3) is 5.22. The van der Waals surface area contributed by atoms with Crippen LogP contribution in [0.5, 0.6) is 0 Å². The van der Waals surface area contributed by atoms with Gasteiger partial charge in [0.25, 0.3) is 0 Å². The molecule has 0 aromatic rings. The van der Waals surface area contributed by atoms with Gasteiger partial charge in [0.05, 0.1) is 6.42 Å². The fraction of sp³-hybridized carbons (Fsp3) is 0.778. The summed E-state index contributed by atoms with van der Waals surface area (Å²) in [5.74, 6) is -0.414. The van der Waals surface area contributed by atoms with Gasteiger partial charge in [0.15, 0.2) is 0 Å². The van der Waals surface area contributed by atoms with Gasteiger partial charge in [-0.15, -0.1) is 0 Å². The van der Waals surface area contributed by atoms with E-state index < -0.39 is 5.60 Å². The average Bonchev–Trinajstić information content (AvgIpc) is 1.81. The number of esters is 1. The average molecular weight is 187 g/mol. The van der Waals surface area contributed by atoms with Crippen molar-refractivity contribution in [2.24, 2.45) is 0 Å². The van der Waals surface area contributed by atoms with Gasteiger partial charge in [-0.1, -0.05) is 0 Å². The molecule has 0 N–H and O–H groups in total. The number of amides is 1. The summed E-state index contributed by atoms with van der Waals surface area (Å²) in [4.78, 5) is 23.4. The third-order valence-electron chi connectivity index (χ3n) is 1.50. The number of carbonyl (C=O) groups excluding carboxylic acids is 2. The molecule has 0 aliphatic rings. The summed E-state index contributed by atoms with van der Waals surface area (Å²) in [6, 6.07) is 0. The highest BCUT2D eigenvalue weighted by Gasteiger charge is 2.25. The maximum atomic E-state index is 11.3. The number of rotatable bonds is 3. The molecule has 0 radical (unpaired) electrons. The molecule has 0 saturated heterocycles. The Morgan fingerprint density at radius 1 is 1.31 bits per heavy atom. The predicted octanol–water partition coefficient (Wildman–Crippen LogP) is 0.806. The van der Waals surface area contributed by atoms with Gasteiger partial charge in [-0.2, -0.15) is 0 Å². The van der Waals surface area contributed by atoms with Gasteiger partial charge >= 0.3 is 5.97 Å². The zero-order chi connectivity index (χ0) is 10.6. The first-order valence-corrected chi connectivity index (χ1v) is 4.14. The van der Waals surface area contributed by atoms with Crippen molar-refractivity contribution in [2.75, 3.05) is 14.1 Å². The summed E-state index contributed by atoms with van der Waals surface area (Å²) in [5, 5.41) is 0. The van der Waals surface area contributed by atoms with E-state index in [1.54, 1.807) is 27.9 Å². The van der Waals surface area contributed by atoms with Crippen molar-refractivity contribution in [3.05, 3.63) is 0 Å². The fourth-order valence-corrected chi connectivity index (χ4v) is 0.947. The molecule has 13 heavy (non-hydrogen) atoms. The van der Waals surface area contributed by atoms with Crippen LogP contribution in [-0.2, 0) is 14.3 Å². The molecule has 0 bridgehead atoms. The number of ether oxygens (including phenoxy) is 1. The highest BCUT2D eigenvalue weighted by molar-refractivity contribution is 5.77. The lowest BCUT2D eigenvalue weighted by Crippen LogP contribution is -2.35. The highest BCUT2D eigenvalue weighted by atomic mass is 16.6. The summed E-state index contributed by atoms with van der Waals surface area (Å²) >= 11 is 0. The van der Waals surface area contributed by atoms with Crippen molar-refractivity contribution >= 4 is 11.9 Å². The molecular formula is C9H17NO3. The molecule has 4 nitrogen and oxygen atoms in total. The van der Waals surface area contributed by atoms with Crippen molar-refractivity contribution in [2.45, 2.75) is 32.8 Å². The van der Waals surface area contributed by atoms with E-state index in [4.69, 9.17) is 4.74 Å². The van der Waals surface area contributed by atoms with Gasteiger partial charge in [0, 0.05) is 21.0 Å². The molecule has 0 spiro atoms.